The first-order valence-corrected chi connectivity index (χ1v) is 15.0. The van der Waals surface area contributed by atoms with E-state index in [1.165, 1.54) is 15.6 Å². The van der Waals surface area contributed by atoms with Crippen molar-refractivity contribution in [3.05, 3.63) is 77.8 Å². The van der Waals surface area contributed by atoms with Gasteiger partial charge in [-0.05, 0) is 74.4 Å². The number of anilines is 1. The Balaban J connectivity index is 1.45. The van der Waals surface area contributed by atoms with Crippen molar-refractivity contribution in [2.75, 3.05) is 45.1 Å². The average molecular weight is 562 g/mol. The van der Waals surface area contributed by atoms with Crippen LogP contribution < -0.4 is 4.31 Å². The summed E-state index contributed by atoms with van der Waals surface area (Å²) in [4.78, 5) is 24.9. The van der Waals surface area contributed by atoms with E-state index in [-0.39, 0.29) is 5.91 Å². The van der Waals surface area contributed by atoms with E-state index in [1.807, 2.05) is 68.4 Å². The van der Waals surface area contributed by atoms with Gasteiger partial charge in [0.05, 0.1) is 5.69 Å². The van der Waals surface area contributed by atoms with Gasteiger partial charge in [0.1, 0.15) is 9.86 Å². The Morgan fingerprint density at radius 2 is 1.72 bits per heavy atom. The van der Waals surface area contributed by atoms with E-state index in [4.69, 9.17) is 0 Å². The van der Waals surface area contributed by atoms with Gasteiger partial charge >= 0.3 is 0 Å². The van der Waals surface area contributed by atoms with Gasteiger partial charge in [-0.1, -0.05) is 18.2 Å². The van der Waals surface area contributed by atoms with Crippen LogP contribution in [0.1, 0.15) is 17.3 Å². The number of fused-ring (bicyclic) bond motifs is 3. The molecule has 2 aromatic carbocycles. The highest BCUT2D eigenvalue weighted by Crippen LogP contribution is 2.33. The number of benzene rings is 2. The third-order valence-corrected chi connectivity index (χ3v) is 10.0. The van der Waals surface area contributed by atoms with Crippen molar-refractivity contribution in [3.63, 3.8) is 0 Å². The SMILES string of the molecule is CCN(CCN(C)C)C(=O)c1ccc(-c2cnc3[nH]c4ccc(N(C)S(=O)(=O)c5cccs5)cc4c3c2)cc1. The number of sulfonamides is 1. The molecule has 5 aromatic rings. The van der Waals surface area contributed by atoms with Crippen LogP contribution in [0.3, 0.4) is 0 Å². The standard InChI is InChI=1S/C29H31N5O3S2/c1-5-34(15-14-32(2)3)29(35)21-10-8-20(9-11-21)22-17-25-24-18-23(12-13-26(24)31-28(25)30-19-22)33(4)39(36,37)27-7-6-16-38-27/h6-13,16-19H,5,14-15H2,1-4H3,(H,30,31). The van der Waals surface area contributed by atoms with Crippen molar-refractivity contribution in [3.8, 4) is 11.1 Å². The third kappa shape index (κ3) is 5.27. The molecular weight excluding hydrogens is 530 g/mol. The third-order valence-electron chi connectivity index (χ3n) is 6.86. The smallest absolute Gasteiger partial charge is 0.273 e. The number of carbonyl (C=O) groups is 1. The second kappa shape index (κ2) is 10.8. The Hall–Kier alpha value is -3.73. The van der Waals surface area contributed by atoms with Crippen molar-refractivity contribution in [2.45, 2.75) is 11.1 Å². The Labute approximate surface area is 232 Å². The summed E-state index contributed by atoms with van der Waals surface area (Å²) in [7, 11) is 1.92. The Kier molecular flexibility index (Phi) is 7.44. The lowest BCUT2D eigenvalue weighted by molar-refractivity contribution is 0.0754. The second-order valence-corrected chi connectivity index (χ2v) is 12.8. The van der Waals surface area contributed by atoms with E-state index in [0.29, 0.717) is 28.5 Å². The molecule has 0 atom stereocenters. The summed E-state index contributed by atoms with van der Waals surface area (Å²) in [6.45, 7) is 4.13. The lowest BCUT2D eigenvalue weighted by atomic mass is 10.0. The predicted octanol–water partition coefficient (Wildman–Crippen LogP) is 5.29. The minimum Gasteiger partial charge on any atom is -0.339 e. The summed E-state index contributed by atoms with van der Waals surface area (Å²) < 4.78 is 27.7. The topological polar surface area (TPSA) is 89.6 Å². The number of thiophene rings is 1. The van der Waals surface area contributed by atoms with E-state index in [2.05, 4.69) is 14.9 Å². The van der Waals surface area contributed by atoms with Crippen LogP contribution >= 0.6 is 11.3 Å². The molecule has 10 heteroatoms. The van der Waals surface area contributed by atoms with E-state index in [0.717, 1.165) is 39.6 Å². The minimum atomic E-state index is -3.64. The van der Waals surface area contributed by atoms with Crippen LogP contribution in [0.15, 0.2) is 76.4 Å². The number of carbonyl (C=O) groups excluding carboxylic acids is 1. The zero-order valence-corrected chi connectivity index (χ0v) is 24.0. The fraction of sp³-hybridized carbons (Fsp3) is 0.241. The van der Waals surface area contributed by atoms with Crippen LogP contribution in [0.5, 0.6) is 0 Å². The minimum absolute atomic E-state index is 0.0188. The number of hydrogen-bond donors (Lipinski definition) is 1. The maximum atomic E-state index is 13.1. The van der Waals surface area contributed by atoms with Crippen molar-refractivity contribution >= 4 is 54.9 Å². The first-order valence-electron chi connectivity index (χ1n) is 12.7. The zero-order valence-electron chi connectivity index (χ0n) is 22.4. The van der Waals surface area contributed by atoms with E-state index < -0.39 is 10.0 Å². The van der Waals surface area contributed by atoms with Gasteiger partial charge in [-0.25, -0.2) is 13.4 Å². The monoisotopic (exact) mass is 561 g/mol. The summed E-state index contributed by atoms with van der Waals surface area (Å²) in [6, 6.07) is 18.5. The van der Waals surface area contributed by atoms with Crippen LogP contribution in [0.2, 0.25) is 0 Å². The van der Waals surface area contributed by atoms with E-state index >= 15 is 0 Å². The van der Waals surface area contributed by atoms with Gasteiger partial charge in [0.15, 0.2) is 0 Å². The zero-order chi connectivity index (χ0) is 27.7. The normalized spacial score (nSPS) is 11.9. The van der Waals surface area contributed by atoms with Crippen LogP contribution in [-0.2, 0) is 10.0 Å². The van der Waals surface area contributed by atoms with E-state index in [1.54, 1.807) is 36.8 Å². The predicted molar refractivity (Wildman–Crippen MR) is 159 cm³/mol. The molecule has 0 saturated carbocycles. The van der Waals surface area contributed by atoms with Crippen LogP contribution in [0.4, 0.5) is 5.69 Å². The summed E-state index contributed by atoms with van der Waals surface area (Å²) in [5, 5.41) is 3.54. The molecule has 39 heavy (non-hydrogen) atoms. The molecule has 0 fully saturated rings. The first kappa shape index (κ1) is 26.9. The highest BCUT2D eigenvalue weighted by atomic mass is 32.2. The Bertz CT molecular complexity index is 1730. The summed E-state index contributed by atoms with van der Waals surface area (Å²) in [6.07, 6.45) is 1.80. The number of hydrogen-bond acceptors (Lipinski definition) is 6. The molecule has 0 spiro atoms. The molecule has 0 bridgehead atoms. The molecule has 3 aromatic heterocycles. The number of aromatic nitrogens is 2. The van der Waals surface area contributed by atoms with Gasteiger partial charge in [-0.2, -0.15) is 0 Å². The van der Waals surface area contributed by atoms with Gasteiger partial charge in [0.25, 0.3) is 15.9 Å². The van der Waals surface area contributed by atoms with Gasteiger partial charge in [0.2, 0.25) is 0 Å². The number of nitrogens with zero attached hydrogens (tertiary/aromatic N) is 4. The number of nitrogens with one attached hydrogen (secondary N) is 1. The van der Waals surface area contributed by atoms with Crippen LogP contribution in [0.25, 0.3) is 33.1 Å². The maximum absolute atomic E-state index is 13.1. The molecule has 1 amide bonds. The molecular formula is C29H31N5O3S2. The van der Waals surface area contributed by atoms with Crippen molar-refractivity contribution in [1.29, 1.82) is 0 Å². The lowest BCUT2D eigenvalue weighted by Gasteiger charge is -2.23. The molecule has 0 unspecified atom stereocenters. The van der Waals surface area contributed by atoms with Gasteiger partial charge < -0.3 is 14.8 Å². The molecule has 0 radical (unpaired) electrons. The van der Waals surface area contributed by atoms with Gasteiger partial charge in [-0.3, -0.25) is 9.10 Å². The fourth-order valence-electron chi connectivity index (χ4n) is 4.51. The van der Waals surface area contributed by atoms with Crippen LogP contribution in [-0.4, -0.2) is 74.9 Å². The van der Waals surface area contributed by atoms with Crippen molar-refractivity contribution in [2.24, 2.45) is 0 Å². The quantitative estimate of drug-likeness (QED) is 0.264. The molecule has 3 heterocycles. The molecule has 0 aliphatic heterocycles. The van der Waals surface area contributed by atoms with Crippen molar-refractivity contribution < 1.29 is 13.2 Å². The number of aromatic amines is 1. The lowest BCUT2D eigenvalue weighted by Crippen LogP contribution is -2.36. The summed E-state index contributed by atoms with van der Waals surface area (Å²) in [5.74, 6) is 0.0188. The van der Waals surface area contributed by atoms with Crippen molar-refractivity contribution in [1.82, 2.24) is 19.8 Å². The molecule has 202 valence electrons. The Morgan fingerprint density at radius 1 is 0.949 bits per heavy atom. The largest absolute Gasteiger partial charge is 0.339 e. The average Bonchev–Trinajstić information content (AvgIpc) is 3.61. The summed E-state index contributed by atoms with van der Waals surface area (Å²) >= 11 is 1.20. The molecule has 0 saturated heterocycles. The van der Waals surface area contributed by atoms with Gasteiger partial charge in [-0.15, -0.1) is 11.3 Å². The second-order valence-electron chi connectivity index (χ2n) is 9.65. The molecule has 1 N–H and O–H groups in total. The van der Waals surface area contributed by atoms with E-state index in [9.17, 15) is 13.2 Å². The Morgan fingerprint density at radius 3 is 2.38 bits per heavy atom. The fourth-order valence-corrected chi connectivity index (χ4v) is 6.86. The maximum Gasteiger partial charge on any atom is 0.273 e. The number of rotatable bonds is 9. The number of amides is 1. The highest BCUT2D eigenvalue weighted by Gasteiger charge is 2.23. The highest BCUT2D eigenvalue weighted by molar-refractivity contribution is 7.94. The molecule has 8 nitrogen and oxygen atoms in total. The molecule has 0 aliphatic carbocycles. The molecule has 0 aliphatic rings. The number of pyridine rings is 1. The first-order chi connectivity index (χ1) is 18.7. The van der Waals surface area contributed by atoms with Crippen LogP contribution in [0, 0.1) is 0 Å². The summed E-state index contributed by atoms with van der Waals surface area (Å²) in [5.41, 5.74) is 4.67. The molecule has 5 rings (SSSR count). The number of H-pyrrole nitrogens is 1. The van der Waals surface area contributed by atoms with Gasteiger partial charge in [0, 0.05) is 60.3 Å². The number of likely N-dealkylation sites (N-methyl/N-ethyl adjacent to an activating group) is 2.